The summed E-state index contributed by atoms with van der Waals surface area (Å²) in [6, 6.07) is 1.74. The number of carbonyl (C=O) groups is 2. The summed E-state index contributed by atoms with van der Waals surface area (Å²) in [6.45, 7) is 7.00. The van der Waals surface area contributed by atoms with Gasteiger partial charge < -0.3 is 19.1 Å². The predicted molar refractivity (Wildman–Crippen MR) is 83.0 cm³/mol. The number of hydrogen-bond donors (Lipinski definition) is 1. The van der Waals surface area contributed by atoms with Crippen molar-refractivity contribution in [3.05, 3.63) is 12.3 Å². The molecule has 1 fully saturated rings. The summed E-state index contributed by atoms with van der Waals surface area (Å²) in [5, 5.41) is 1.97. The molecule has 2 amide bonds. The lowest BCUT2D eigenvalue weighted by Crippen LogP contribution is -2.38. The number of aromatic nitrogens is 1. The average Bonchev–Trinajstić information content (AvgIpc) is 2.35. The van der Waals surface area contributed by atoms with Crippen molar-refractivity contribution in [3.8, 4) is 11.6 Å². The number of pyridine rings is 1. The van der Waals surface area contributed by atoms with E-state index in [0.717, 1.165) is 25.2 Å². The van der Waals surface area contributed by atoms with Crippen molar-refractivity contribution in [1.82, 2.24) is 10.3 Å². The van der Waals surface area contributed by atoms with Crippen molar-refractivity contribution in [2.24, 2.45) is 0 Å². The fourth-order valence-corrected chi connectivity index (χ4v) is 1.89. The Balaban J connectivity index is 1.98. The lowest BCUT2D eigenvalue weighted by molar-refractivity contribution is 0.0532. The van der Waals surface area contributed by atoms with E-state index < -0.39 is 17.8 Å². The number of nitrogens with one attached hydrogen (secondary N) is 1. The van der Waals surface area contributed by atoms with Crippen molar-refractivity contribution < 1.29 is 23.8 Å². The summed E-state index contributed by atoms with van der Waals surface area (Å²) in [4.78, 5) is 29.4. The maximum absolute atomic E-state index is 11.7. The number of amides is 2. The second kappa shape index (κ2) is 6.72. The van der Waals surface area contributed by atoms with Crippen LogP contribution in [0.4, 0.5) is 15.3 Å². The normalized spacial score (nSPS) is 13.8. The Hall–Kier alpha value is -2.51. The molecule has 0 saturated carbocycles. The van der Waals surface area contributed by atoms with Gasteiger partial charge in [0.15, 0.2) is 5.75 Å². The minimum Gasteiger partial charge on any atom is -0.491 e. The second-order valence-electron chi connectivity index (χ2n) is 6.06. The van der Waals surface area contributed by atoms with Crippen molar-refractivity contribution >= 4 is 17.9 Å². The molecule has 0 atom stereocenters. The standard InChI is InChI=1S/C15H21N3O5/c1-15(2,3)23-14(20)17-13(19)22-12-11(21-4)8-10(9-16-12)18-6-5-7-18/h8-9H,5-7H2,1-4H3,(H,17,19,20). The molecule has 126 valence electrons. The zero-order valence-electron chi connectivity index (χ0n) is 13.7. The van der Waals surface area contributed by atoms with E-state index in [1.807, 2.05) is 5.32 Å². The highest BCUT2D eigenvalue weighted by atomic mass is 16.6. The van der Waals surface area contributed by atoms with E-state index >= 15 is 0 Å². The first-order chi connectivity index (χ1) is 10.8. The molecule has 2 rings (SSSR count). The van der Waals surface area contributed by atoms with E-state index in [2.05, 4.69) is 9.88 Å². The Labute approximate surface area is 134 Å². The van der Waals surface area contributed by atoms with Crippen LogP contribution >= 0.6 is 0 Å². The van der Waals surface area contributed by atoms with Crippen LogP contribution in [0.15, 0.2) is 12.3 Å². The molecule has 1 saturated heterocycles. The zero-order valence-corrected chi connectivity index (χ0v) is 13.7. The molecule has 1 aliphatic rings. The van der Waals surface area contributed by atoms with E-state index in [9.17, 15) is 9.59 Å². The van der Waals surface area contributed by atoms with Gasteiger partial charge in [-0.25, -0.2) is 19.9 Å². The van der Waals surface area contributed by atoms with Gasteiger partial charge in [0.25, 0.3) is 5.88 Å². The van der Waals surface area contributed by atoms with Gasteiger partial charge in [-0.15, -0.1) is 0 Å². The van der Waals surface area contributed by atoms with E-state index in [1.54, 1.807) is 33.0 Å². The van der Waals surface area contributed by atoms with Gasteiger partial charge in [-0.2, -0.15) is 0 Å². The summed E-state index contributed by atoms with van der Waals surface area (Å²) in [5.41, 5.74) is 0.187. The lowest BCUT2D eigenvalue weighted by atomic mass is 10.2. The van der Waals surface area contributed by atoms with Crippen LogP contribution in [-0.4, -0.2) is 43.0 Å². The third kappa shape index (κ3) is 4.73. The summed E-state index contributed by atoms with van der Waals surface area (Å²) in [5.74, 6) is 0.298. The van der Waals surface area contributed by atoms with E-state index in [4.69, 9.17) is 14.2 Å². The van der Waals surface area contributed by atoms with Crippen LogP contribution in [0.5, 0.6) is 11.6 Å². The number of hydrogen-bond acceptors (Lipinski definition) is 7. The van der Waals surface area contributed by atoms with Crippen molar-refractivity contribution in [2.45, 2.75) is 32.8 Å². The minimum atomic E-state index is -0.984. The maximum atomic E-state index is 11.7. The molecule has 1 N–H and O–H groups in total. The molecular formula is C15H21N3O5. The Bertz CT molecular complexity index is 593. The zero-order chi connectivity index (χ0) is 17.0. The molecule has 8 nitrogen and oxygen atoms in total. The number of ether oxygens (including phenoxy) is 3. The number of alkyl carbamates (subject to hydrolysis) is 1. The molecule has 0 aromatic carbocycles. The van der Waals surface area contributed by atoms with Crippen molar-refractivity contribution in [3.63, 3.8) is 0 Å². The first kappa shape index (κ1) is 16.9. The van der Waals surface area contributed by atoms with E-state index in [0.29, 0.717) is 5.75 Å². The van der Waals surface area contributed by atoms with Crippen molar-refractivity contribution in [1.29, 1.82) is 0 Å². The molecule has 0 unspecified atom stereocenters. The van der Waals surface area contributed by atoms with Crippen LogP contribution in [0.2, 0.25) is 0 Å². The Kier molecular flexibility index (Phi) is 4.92. The maximum Gasteiger partial charge on any atom is 0.423 e. The highest BCUT2D eigenvalue weighted by molar-refractivity contribution is 5.88. The first-order valence-electron chi connectivity index (χ1n) is 7.29. The molecule has 8 heteroatoms. The Morgan fingerprint density at radius 3 is 2.48 bits per heavy atom. The van der Waals surface area contributed by atoms with Crippen LogP contribution in [-0.2, 0) is 4.74 Å². The molecule has 0 spiro atoms. The molecule has 0 radical (unpaired) electrons. The van der Waals surface area contributed by atoms with Gasteiger partial charge in [-0.05, 0) is 27.2 Å². The van der Waals surface area contributed by atoms with Crippen LogP contribution in [0, 0.1) is 0 Å². The molecule has 2 heterocycles. The summed E-state index contributed by atoms with van der Waals surface area (Å²) in [6.07, 6.45) is 0.858. The van der Waals surface area contributed by atoms with Crippen LogP contribution in [0.1, 0.15) is 27.2 Å². The van der Waals surface area contributed by atoms with Gasteiger partial charge in [-0.1, -0.05) is 0 Å². The monoisotopic (exact) mass is 323 g/mol. The van der Waals surface area contributed by atoms with Crippen LogP contribution < -0.4 is 19.7 Å². The third-order valence-corrected chi connectivity index (χ3v) is 3.04. The fraction of sp³-hybridized carbons (Fsp3) is 0.533. The summed E-state index contributed by atoms with van der Waals surface area (Å²) in [7, 11) is 1.45. The van der Waals surface area contributed by atoms with E-state index in [1.165, 1.54) is 7.11 Å². The largest absolute Gasteiger partial charge is 0.491 e. The molecule has 0 bridgehead atoms. The van der Waals surface area contributed by atoms with E-state index in [-0.39, 0.29) is 5.88 Å². The smallest absolute Gasteiger partial charge is 0.423 e. The molecule has 1 aromatic heterocycles. The van der Waals surface area contributed by atoms with Gasteiger partial charge in [0.1, 0.15) is 5.60 Å². The fourth-order valence-electron chi connectivity index (χ4n) is 1.89. The van der Waals surface area contributed by atoms with Gasteiger partial charge in [-0.3, -0.25) is 0 Å². The summed E-state index contributed by atoms with van der Waals surface area (Å²) >= 11 is 0. The highest BCUT2D eigenvalue weighted by Crippen LogP contribution is 2.30. The topological polar surface area (TPSA) is 90.0 Å². The quantitative estimate of drug-likeness (QED) is 0.913. The lowest BCUT2D eigenvalue weighted by Gasteiger charge is -2.33. The minimum absolute atomic E-state index is 0.0159. The van der Waals surface area contributed by atoms with Gasteiger partial charge in [0, 0.05) is 19.2 Å². The van der Waals surface area contributed by atoms with Crippen LogP contribution in [0.25, 0.3) is 0 Å². The van der Waals surface area contributed by atoms with Gasteiger partial charge in [0.2, 0.25) is 0 Å². The first-order valence-corrected chi connectivity index (χ1v) is 7.29. The second-order valence-corrected chi connectivity index (χ2v) is 6.06. The van der Waals surface area contributed by atoms with Gasteiger partial charge in [0.05, 0.1) is 19.0 Å². The van der Waals surface area contributed by atoms with Crippen LogP contribution in [0.3, 0.4) is 0 Å². The number of carbonyl (C=O) groups excluding carboxylic acids is 2. The molecule has 23 heavy (non-hydrogen) atoms. The number of nitrogens with zero attached hydrogens (tertiary/aromatic N) is 2. The SMILES string of the molecule is COc1cc(N2CCC2)cnc1OC(=O)NC(=O)OC(C)(C)C. The molecule has 0 aliphatic carbocycles. The average molecular weight is 323 g/mol. The Morgan fingerprint density at radius 1 is 1.26 bits per heavy atom. The summed E-state index contributed by atoms with van der Waals surface area (Å²) < 4.78 is 15.1. The predicted octanol–water partition coefficient (Wildman–Crippen LogP) is 2.32. The van der Waals surface area contributed by atoms with Crippen molar-refractivity contribution in [2.75, 3.05) is 25.1 Å². The number of rotatable bonds is 3. The highest BCUT2D eigenvalue weighted by Gasteiger charge is 2.21. The number of imide groups is 1. The number of anilines is 1. The number of methoxy groups -OCH3 is 1. The van der Waals surface area contributed by atoms with Gasteiger partial charge >= 0.3 is 12.2 Å². The molecular weight excluding hydrogens is 302 g/mol. The third-order valence-electron chi connectivity index (χ3n) is 3.04. The molecule has 1 aliphatic heterocycles. The Morgan fingerprint density at radius 2 is 1.96 bits per heavy atom. The molecule has 1 aromatic rings.